The number of aryl methyl sites for hydroxylation is 1. The average molecular weight is 299 g/mol. The van der Waals surface area contributed by atoms with Crippen molar-refractivity contribution in [2.45, 2.75) is 13.5 Å². The van der Waals surface area contributed by atoms with Gasteiger partial charge in [0.05, 0.1) is 0 Å². The maximum atomic E-state index is 12.9. The first-order valence-electron chi connectivity index (χ1n) is 7.26. The van der Waals surface area contributed by atoms with Gasteiger partial charge < -0.3 is 5.73 Å². The molecule has 1 aromatic carbocycles. The second-order valence-electron chi connectivity index (χ2n) is 5.75. The molecule has 4 nitrogen and oxygen atoms in total. The van der Waals surface area contributed by atoms with Gasteiger partial charge in [0.2, 0.25) is 0 Å². The molecule has 0 atom stereocenters. The summed E-state index contributed by atoms with van der Waals surface area (Å²) in [6.07, 6.45) is 1.70. The number of nitrogen functional groups attached to an aromatic ring is 1. The number of rotatable bonds is 4. The number of carbonyl (C=O) groups excluding carboxylic acids is 1. The van der Waals surface area contributed by atoms with Crippen LogP contribution in [0.2, 0.25) is 0 Å². The number of likely N-dealkylation sites (tertiary alicyclic amines) is 1. The monoisotopic (exact) mass is 299 g/mol. The summed E-state index contributed by atoms with van der Waals surface area (Å²) in [5.41, 5.74) is 8.62. The van der Waals surface area contributed by atoms with E-state index in [9.17, 15) is 9.18 Å². The van der Waals surface area contributed by atoms with Gasteiger partial charge in [-0.2, -0.15) is 0 Å². The molecule has 1 aromatic heterocycles. The van der Waals surface area contributed by atoms with Crippen LogP contribution in [0.3, 0.4) is 0 Å². The Labute approximate surface area is 128 Å². The molecule has 3 rings (SSSR count). The van der Waals surface area contributed by atoms with Gasteiger partial charge in [0.15, 0.2) is 5.78 Å². The number of Topliss-reactive ketones (excluding diaryl/α,β-unsaturated/α-hetero) is 1. The van der Waals surface area contributed by atoms with Gasteiger partial charge in [0.1, 0.15) is 11.6 Å². The summed E-state index contributed by atoms with van der Waals surface area (Å²) in [5.74, 6) is 0.276. The summed E-state index contributed by atoms with van der Waals surface area (Å²) >= 11 is 0. The van der Waals surface area contributed by atoms with Gasteiger partial charge in [-0.3, -0.25) is 9.69 Å². The maximum Gasteiger partial charge on any atom is 0.168 e. The van der Waals surface area contributed by atoms with Crippen molar-refractivity contribution in [3.05, 3.63) is 59.0 Å². The highest BCUT2D eigenvalue weighted by atomic mass is 19.1. The minimum Gasteiger partial charge on any atom is -0.383 e. The lowest BCUT2D eigenvalue weighted by Crippen LogP contribution is -2.49. The van der Waals surface area contributed by atoms with E-state index < -0.39 is 0 Å². The van der Waals surface area contributed by atoms with Crippen LogP contribution in [-0.2, 0) is 6.54 Å². The normalized spacial score (nSPS) is 15.5. The molecule has 0 unspecified atom stereocenters. The van der Waals surface area contributed by atoms with Crippen molar-refractivity contribution in [2.24, 2.45) is 5.92 Å². The molecule has 0 amide bonds. The molecule has 0 spiro atoms. The molecule has 1 aliphatic heterocycles. The van der Waals surface area contributed by atoms with E-state index in [1.807, 2.05) is 13.0 Å². The number of halogens is 1. The quantitative estimate of drug-likeness (QED) is 0.881. The van der Waals surface area contributed by atoms with Crippen LogP contribution in [0.15, 0.2) is 36.5 Å². The van der Waals surface area contributed by atoms with Crippen molar-refractivity contribution in [3.8, 4) is 0 Å². The van der Waals surface area contributed by atoms with Crippen LogP contribution in [-0.4, -0.2) is 28.8 Å². The van der Waals surface area contributed by atoms with Crippen molar-refractivity contribution >= 4 is 11.6 Å². The topological polar surface area (TPSA) is 59.2 Å². The van der Waals surface area contributed by atoms with E-state index in [-0.39, 0.29) is 17.5 Å². The second-order valence-corrected chi connectivity index (χ2v) is 5.75. The van der Waals surface area contributed by atoms with Gasteiger partial charge >= 0.3 is 0 Å². The molecule has 0 radical (unpaired) electrons. The molecule has 0 saturated carbocycles. The van der Waals surface area contributed by atoms with Gasteiger partial charge in [0.25, 0.3) is 0 Å². The minimum absolute atomic E-state index is 0.0244. The van der Waals surface area contributed by atoms with E-state index in [0.717, 1.165) is 11.1 Å². The van der Waals surface area contributed by atoms with E-state index in [1.54, 1.807) is 18.3 Å². The first-order chi connectivity index (χ1) is 10.5. The fourth-order valence-corrected chi connectivity index (χ4v) is 2.75. The predicted octanol–water partition coefficient (Wildman–Crippen LogP) is 2.43. The summed E-state index contributed by atoms with van der Waals surface area (Å²) in [4.78, 5) is 18.6. The van der Waals surface area contributed by atoms with Gasteiger partial charge in [-0.25, -0.2) is 9.37 Å². The molecule has 0 aliphatic carbocycles. The average Bonchev–Trinajstić information content (AvgIpc) is 2.45. The van der Waals surface area contributed by atoms with E-state index in [2.05, 4.69) is 9.88 Å². The van der Waals surface area contributed by atoms with Gasteiger partial charge in [0, 0.05) is 42.9 Å². The van der Waals surface area contributed by atoms with Crippen molar-refractivity contribution in [1.29, 1.82) is 0 Å². The Morgan fingerprint density at radius 3 is 2.64 bits per heavy atom. The van der Waals surface area contributed by atoms with Gasteiger partial charge in [-0.1, -0.05) is 0 Å². The number of hydrogen-bond acceptors (Lipinski definition) is 4. The van der Waals surface area contributed by atoms with Crippen LogP contribution in [0.4, 0.5) is 10.2 Å². The number of nitrogens with two attached hydrogens (primary N) is 1. The third-order valence-electron chi connectivity index (χ3n) is 4.16. The Bertz CT molecular complexity index is 673. The van der Waals surface area contributed by atoms with Gasteiger partial charge in [-0.15, -0.1) is 0 Å². The summed E-state index contributed by atoms with van der Waals surface area (Å²) in [6, 6.07) is 7.67. The molecule has 0 bridgehead atoms. The zero-order valence-corrected chi connectivity index (χ0v) is 12.4. The Morgan fingerprint density at radius 1 is 1.32 bits per heavy atom. The summed E-state index contributed by atoms with van der Waals surface area (Å²) < 4.78 is 12.9. The molecule has 2 N–H and O–H groups in total. The highest BCUT2D eigenvalue weighted by Gasteiger charge is 2.33. The number of anilines is 1. The van der Waals surface area contributed by atoms with Crippen LogP contribution in [0.25, 0.3) is 0 Å². The van der Waals surface area contributed by atoms with E-state index in [0.29, 0.717) is 31.0 Å². The first-order valence-corrected chi connectivity index (χ1v) is 7.26. The van der Waals surface area contributed by atoms with Crippen molar-refractivity contribution in [2.75, 3.05) is 18.8 Å². The lowest BCUT2D eigenvalue weighted by atomic mass is 9.90. The molecule has 1 saturated heterocycles. The fourth-order valence-electron chi connectivity index (χ4n) is 2.75. The Morgan fingerprint density at radius 2 is 2.00 bits per heavy atom. The standard InChI is InChI=1S/C17H18FN3O/c1-11-6-7-20-17(19)15(11)10-21-8-13(9-21)16(22)12-2-4-14(18)5-3-12/h2-7,13H,8-10H2,1H3,(H2,19,20). The smallest absolute Gasteiger partial charge is 0.168 e. The summed E-state index contributed by atoms with van der Waals surface area (Å²) in [5, 5.41) is 0. The van der Waals surface area contributed by atoms with Crippen LogP contribution < -0.4 is 5.73 Å². The lowest BCUT2D eigenvalue weighted by Gasteiger charge is -2.38. The third-order valence-corrected chi connectivity index (χ3v) is 4.16. The number of hydrogen-bond donors (Lipinski definition) is 1. The summed E-state index contributed by atoms with van der Waals surface area (Å²) in [6.45, 7) is 4.11. The number of nitrogens with zero attached hydrogens (tertiary/aromatic N) is 2. The molecule has 5 heteroatoms. The van der Waals surface area contributed by atoms with E-state index >= 15 is 0 Å². The highest BCUT2D eigenvalue weighted by Crippen LogP contribution is 2.25. The maximum absolute atomic E-state index is 12.9. The predicted molar refractivity (Wildman–Crippen MR) is 82.9 cm³/mol. The molecular weight excluding hydrogens is 281 g/mol. The number of ketones is 1. The summed E-state index contributed by atoms with van der Waals surface area (Å²) in [7, 11) is 0. The van der Waals surface area contributed by atoms with Crippen LogP contribution in [0, 0.1) is 18.7 Å². The van der Waals surface area contributed by atoms with Crippen molar-refractivity contribution in [1.82, 2.24) is 9.88 Å². The lowest BCUT2D eigenvalue weighted by molar-refractivity contribution is 0.0595. The number of pyridine rings is 1. The SMILES string of the molecule is Cc1ccnc(N)c1CN1CC(C(=O)c2ccc(F)cc2)C1. The highest BCUT2D eigenvalue weighted by molar-refractivity contribution is 5.98. The Hall–Kier alpha value is -2.27. The van der Waals surface area contributed by atoms with Crippen molar-refractivity contribution < 1.29 is 9.18 Å². The number of benzene rings is 1. The van der Waals surface area contributed by atoms with E-state index in [4.69, 9.17) is 5.73 Å². The molecule has 1 fully saturated rings. The van der Waals surface area contributed by atoms with Crippen LogP contribution in [0.1, 0.15) is 21.5 Å². The van der Waals surface area contributed by atoms with Gasteiger partial charge in [-0.05, 0) is 42.8 Å². The zero-order chi connectivity index (χ0) is 15.7. The van der Waals surface area contributed by atoms with Crippen LogP contribution in [0.5, 0.6) is 0 Å². The fraction of sp³-hybridized carbons (Fsp3) is 0.294. The van der Waals surface area contributed by atoms with E-state index in [1.165, 1.54) is 12.1 Å². The zero-order valence-electron chi connectivity index (χ0n) is 12.4. The first kappa shape index (κ1) is 14.7. The Kier molecular flexibility index (Phi) is 3.90. The Balaban J connectivity index is 1.60. The number of aromatic nitrogens is 1. The van der Waals surface area contributed by atoms with Crippen LogP contribution >= 0.6 is 0 Å². The molecule has 2 aromatic rings. The molecule has 114 valence electrons. The molecular formula is C17H18FN3O. The molecule has 2 heterocycles. The third kappa shape index (κ3) is 2.85. The number of carbonyl (C=O) groups is 1. The largest absolute Gasteiger partial charge is 0.383 e. The van der Waals surface area contributed by atoms with Crippen molar-refractivity contribution in [3.63, 3.8) is 0 Å². The molecule has 1 aliphatic rings. The second kappa shape index (κ2) is 5.85. The minimum atomic E-state index is -0.325. The molecule has 22 heavy (non-hydrogen) atoms.